The molecule has 0 aromatic carbocycles. The second kappa shape index (κ2) is 6.98. The predicted octanol–water partition coefficient (Wildman–Crippen LogP) is 4.86. The second-order valence-corrected chi connectivity index (χ2v) is 12.7. The van der Waals surface area contributed by atoms with Gasteiger partial charge in [-0.05, 0) is 85.4 Å². The van der Waals surface area contributed by atoms with Gasteiger partial charge in [0, 0.05) is 17.9 Å². The van der Waals surface area contributed by atoms with Crippen LogP contribution < -0.4 is 11.5 Å². The molecule has 0 aromatic rings. The van der Waals surface area contributed by atoms with Crippen molar-refractivity contribution in [1.29, 1.82) is 0 Å². The van der Waals surface area contributed by atoms with E-state index in [1.54, 1.807) is 0 Å². The number of rotatable bonds is 2. The molecule has 8 unspecified atom stereocenters. The third kappa shape index (κ3) is 2.92. The maximum Gasteiger partial charge on any atom is 0.185 e. The summed E-state index contributed by atoms with van der Waals surface area (Å²) in [5.74, 6) is 2.39. The van der Waals surface area contributed by atoms with E-state index in [4.69, 9.17) is 11.5 Å². The fraction of sp³-hybridized carbons (Fsp3) is 0.885. The van der Waals surface area contributed by atoms with Crippen LogP contribution >= 0.6 is 0 Å². The third-order valence-corrected chi connectivity index (χ3v) is 11.1. The summed E-state index contributed by atoms with van der Waals surface area (Å²) in [6, 6.07) is 0. The first-order chi connectivity index (χ1) is 13.9. The lowest BCUT2D eigenvalue weighted by Gasteiger charge is -2.71. The van der Waals surface area contributed by atoms with Crippen molar-refractivity contribution in [2.24, 2.45) is 61.8 Å². The van der Waals surface area contributed by atoms with Gasteiger partial charge in [0.05, 0.1) is 6.10 Å². The van der Waals surface area contributed by atoms with Crippen LogP contribution in [0, 0.1) is 45.3 Å². The Kier molecular flexibility index (Phi) is 5.16. The average Bonchev–Trinajstić information content (AvgIpc) is 2.63. The topological polar surface area (TPSA) is 84.6 Å². The number of nitrogens with two attached hydrogens (primary N) is 2. The normalized spacial score (nSPS) is 50.1. The van der Waals surface area contributed by atoms with Gasteiger partial charge >= 0.3 is 0 Å². The summed E-state index contributed by atoms with van der Waals surface area (Å²) in [4.78, 5) is 4.44. The van der Waals surface area contributed by atoms with E-state index in [9.17, 15) is 5.11 Å². The van der Waals surface area contributed by atoms with Crippen LogP contribution in [0.3, 0.4) is 0 Å². The van der Waals surface area contributed by atoms with Crippen molar-refractivity contribution in [2.75, 3.05) is 6.54 Å². The van der Waals surface area contributed by atoms with E-state index >= 15 is 0 Å². The second-order valence-electron chi connectivity index (χ2n) is 12.7. The number of aliphatic hydroxyl groups excluding tert-OH is 1. The summed E-state index contributed by atoms with van der Waals surface area (Å²) in [6.45, 7) is 17.5. The molecule has 4 rings (SSSR count). The van der Waals surface area contributed by atoms with Crippen LogP contribution in [0.15, 0.2) is 17.1 Å². The van der Waals surface area contributed by atoms with Gasteiger partial charge in [-0.15, -0.1) is 0 Å². The molecule has 0 amide bonds. The largest absolute Gasteiger partial charge is 0.393 e. The molecule has 0 radical (unpaired) electrons. The van der Waals surface area contributed by atoms with Gasteiger partial charge in [-0.25, -0.2) is 0 Å². The number of hydrogen-bond donors (Lipinski definition) is 3. The molecule has 0 aliphatic heterocycles. The first-order valence-electron chi connectivity index (χ1n) is 12.3. The SMILES string of the molecule is C=C1CCC2C(C)(CCC3C2(C)CCC2C(C)(C)CCC(O)C23C)C1CN=C(N)N. The molecule has 170 valence electrons. The lowest BCUT2D eigenvalue weighted by molar-refractivity contribution is -0.236. The molecule has 8 atom stereocenters. The molecule has 30 heavy (non-hydrogen) atoms. The molecule has 4 aliphatic rings. The van der Waals surface area contributed by atoms with Gasteiger partial charge in [0.2, 0.25) is 0 Å². The average molecular weight is 416 g/mol. The molecule has 0 aromatic heterocycles. The van der Waals surface area contributed by atoms with Crippen molar-refractivity contribution in [3.63, 3.8) is 0 Å². The Labute approximate surface area is 184 Å². The highest BCUT2D eigenvalue weighted by molar-refractivity contribution is 5.75. The summed E-state index contributed by atoms with van der Waals surface area (Å²) >= 11 is 0. The number of aliphatic hydroxyl groups is 1. The van der Waals surface area contributed by atoms with E-state index in [0.717, 1.165) is 19.3 Å². The van der Waals surface area contributed by atoms with Gasteiger partial charge in [-0.1, -0.05) is 46.8 Å². The number of nitrogens with zero attached hydrogens (tertiary/aromatic N) is 1. The van der Waals surface area contributed by atoms with Crippen molar-refractivity contribution in [1.82, 2.24) is 0 Å². The summed E-state index contributed by atoms with van der Waals surface area (Å²) in [7, 11) is 0. The van der Waals surface area contributed by atoms with Gasteiger partial charge < -0.3 is 16.6 Å². The zero-order chi connectivity index (χ0) is 22.1. The Morgan fingerprint density at radius 2 is 1.57 bits per heavy atom. The van der Waals surface area contributed by atoms with E-state index in [-0.39, 0.29) is 28.3 Å². The number of guanidine groups is 1. The molecular weight excluding hydrogens is 370 g/mol. The highest BCUT2D eigenvalue weighted by atomic mass is 16.3. The predicted molar refractivity (Wildman–Crippen MR) is 125 cm³/mol. The number of fused-ring (bicyclic) bond motifs is 5. The van der Waals surface area contributed by atoms with E-state index in [1.165, 1.54) is 37.7 Å². The fourth-order valence-corrected chi connectivity index (χ4v) is 9.61. The van der Waals surface area contributed by atoms with E-state index in [2.05, 4.69) is 46.2 Å². The van der Waals surface area contributed by atoms with Crippen LogP contribution in [-0.2, 0) is 0 Å². The van der Waals surface area contributed by atoms with Crippen LogP contribution in [-0.4, -0.2) is 23.7 Å². The Hall–Kier alpha value is -1.03. The molecule has 0 spiro atoms. The molecule has 0 heterocycles. The first kappa shape index (κ1) is 22.2. The van der Waals surface area contributed by atoms with Crippen LogP contribution in [0.2, 0.25) is 0 Å². The summed E-state index contributed by atoms with van der Waals surface area (Å²) in [5.41, 5.74) is 13.5. The molecule has 4 saturated carbocycles. The maximum atomic E-state index is 11.4. The molecule has 0 saturated heterocycles. The molecule has 4 aliphatic carbocycles. The Bertz CT molecular complexity index is 741. The molecule has 5 N–H and O–H groups in total. The van der Waals surface area contributed by atoms with Crippen molar-refractivity contribution in [3.05, 3.63) is 12.2 Å². The van der Waals surface area contributed by atoms with Gasteiger partial charge in [0.1, 0.15) is 0 Å². The highest BCUT2D eigenvalue weighted by Crippen LogP contribution is 2.73. The van der Waals surface area contributed by atoms with Crippen molar-refractivity contribution in [2.45, 2.75) is 92.1 Å². The van der Waals surface area contributed by atoms with Crippen LogP contribution in [0.5, 0.6) is 0 Å². The Balaban J connectivity index is 1.72. The number of aliphatic imine (C=N–C) groups is 1. The molecule has 4 heteroatoms. The first-order valence-corrected chi connectivity index (χ1v) is 12.3. The summed E-state index contributed by atoms with van der Waals surface area (Å²) in [5, 5.41) is 11.4. The summed E-state index contributed by atoms with van der Waals surface area (Å²) < 4.78 is 0. The van der Waals surface area contributed by atoms with Crippen LogP contribution in [0.4, 0.5) is 0 Å². The monoisotopic (exact) mass is 415 g/mol. The zero-order valence-electron chi connectivity index (χ0n) is 20.0. The van der Waals surface area contributed by atoms with E-state index in [1.807, 2.05) is 0 Å². The third-order valence-electron chi connectivity index (χ3n) is 11.1. The van der Waals surface area contributed by atoms with Crippen molar-refractivity contribution < 1.29 is 5.11 Å². The van der Waals surface area contributed by atoms with Gasteiger partial charge in [0.15, 0.2) is 5.96 Å². The number of hydrogen-bond acceptors (Lipinski definition) is 2. The van der Waals surface area contributed by atoms with Crippen molar-refractivity contribution in [3.8, 4) is 0 Å². The molecule has 4 nitrogen and oxygen atoms in total. The quantitative estimate of drug-likeness (QED) is 0.342. The Morgan fingerprint density at radius 1 is 0.933 bits per heavy atom. The lowest BCUT2D eigenvalue weighted by Crippen LogP contribution is -2.66. The molecule has 4 fully saturated rings. The fourth-order valence-electron chi connectivity index (χ4n) is 9.61. The van der Waals surface area contributed by atoms with Crippen LogP contribution in [0.25, 0.3) is 0 Å². The smallest absolute Gasteiger partial charge is 0.185 e. The van der Waals surface area contributed by atoms with Crippen molar-refractivity contribution >= 4 is 5.96 Å². The minimum atomic E-state index is -0.166. The minimum absolute atomic E-state index is 0.0277. The van der Waals surface area contributed by atoms with Crippen LogP contribution in [0.1, 0.15) is 86.0 Å². The van der Waals surface area contributed by atoms with Gasteiger partial charge in [-0.2, -0.15) is 0 Å². The van der Waals surface area contributed by atoms with E-state index in [0.29, 0.717) is 35.6 Å². The highest BCUT2D eigenvalue weighted by Gasteiger charge is 2.67. The van der Waals surface area contributed by atoms with E-state index < -0.39 is 0 Å². The van der Waals surface area contributed by atoms with Gasteiger partial charge in [-0.3, -0.25) is 4.99 Å². The minimum Gasteiger partial charge on any atom is -0.393 e. The lowest BCUT2D eigenvalue weighted by atomic mass is 9.34. The summed E-state index contributed by atoms with van der Waals surface area (Å²) in [6.07, 6.45) is 9.18. The Morgan fingerprint density at radius 3 is 2.23 bits per heavy atom. The zero-order valence-corrected chi connectivity index (χ0v) is 20.0. The van der Waals surface area contributed by atoms with Gasteiger partial charge in [0.25, 0.3) is 0 Å². The standard InChI is InChI=1S/C26H45N3O/c1-16-7-8-19-24(4,17(16)15-29-22(27)28)13-10-20-25(19,5)14-9-18-23(2,3)12-11-21(30)26(18,20)6/h17-21,30H,1,7-15H2,2-6H3,(H4,27,28,29). The molecular formula is C26H45N3O. The maximum absolute atomic E-state index is 11.4. The molecule has 0 bridgehead atoms.